The van der Waals surface area contributed by atoms with Crippen molar-refractivity contribution in [3.8, 4) is 0 Å². The second kappa shape index (κ2) is 5.36. The maximum absolute atomic E-state index is 8.25. The molecule has 5 rings (SSSR count). The van der Waals surface area contributed by atoms with E-state index in [0.717, 1.165) is 49.0 Å². The van der Waals surface area contributed by atoms with Gasteiger partial charge in [0.2, 0.25) is 0 Å². The molecule has 27 heavy (non-hydrogen) atoms. The van der Waals surface area contributed by atoms with Crippen LogP contribution in [0.3, 0.4) is 0 Å². The fourth-order valence-electron chi connectivity index (χ4n) is 4.63. The molecule has 1 nitrogen and oxygen atoms in total. The Morgan fingerprint density at radius 1 is 0.741 bits per heavy atom. The third-order valence-electron chi connectivity index (χ3n) is 5.57. The van der Waals surface area contributed by atoms with Gasteiger partial charge in [-0.05, 0) is 46.5 Å². The Morgan fingerprint density at radius 2 is 1.33 bits per heavy atom. The molecule has 0 atom stereocenters. The minimum atomic E-state index is -2.23. The maximum atomic E-state index is 8.25. The number of fused-ring (bicyclic) bond motifs is 8. The normalized spacial score (nSPS) is 14.7. The van der Waals surface area contributed by atoms with Gasteiger partial charge in [0.1, 0.15) is 11.2 Å². The summed E-state index contributed by atoms with van der Waals surface area (Å²) in [4.78, 5) is 0. The van der Waals surface area contributed by atoms with Crippen molar-refractivity contribution in [2.24, 2.45) is 0 Å². The Bertz CT molecular complexity index is 1460. The van der Waals surface area contributed by atoms with Crippen molar-refractivity contribution in [1.82, 2.24) is 0 Å². The van der Waals surface area contributed by atoms with Crippen molar-refractivity contribution in [3.05, 3.63) is 71.3 Å². The first-order valence-corrected chi connectivity index (χ1v) is 9.39. The molecule has 0 saturated carbocycles. The number of benzene rings is 4. The van der Waals surface area contributed by atoms with E-state index in [4.69, 9.17) is 8.53 Å². The summed E-state index contributed by atoms with van der Waals surface area (Å²) < 4.78 is 31.4. The van der Waals surface area contributed by atoms with Crippen molar-refractivity contribution >= 4 is 43.5 Å². The van der Waals surface area contributed by atoms with Gasteiger partial charge in [-0.25, -0.2) is 0 Å². The Labute approximate surface area is 163 Å². The fourth-order valence-corrected chi connectivity index (χ4v) is 4.63. The standard InChI is InChI=1S/C26H24O/c1-15-14-16(2)23(26(3,4)5)25-21(15)22-19-12-8-6-10-17(19)18-11-7-9-13-20(18)24(22)27-25/h6-14H,1-5H3/i1D3. The minimum absolute atomic E-state index is 0.185. The lowest BCUT2D eigenvalue weighted by Crippen LogP contribution is -2.13. The molecule has 0 fully saturated rings. The lowest BCUT2D eigenvalue weighted by atomic mass is 9.81. The maximum Gasteiger partial charge on any atom is 0.143 e. The Morgan fingerprint density at radius 3 is 1.96 bits per heavy atom. The first kappa shape index (κ1) is 13.4. The van der Waals surface area contributed by atoms with E-state index in [1.165, 1.54) is 0 Å². The molecule has 4 aromatic carbocycles. The van der Waals surface area contributed by atoms with Crippen LogP contribution in [0.2, 0.25) is 0 Å². The fraction of sp³-hybridized carbons (Fsp3) is 0.231. The summed E-state index contributed by atoms with van der Waals surface area (Å²) in [6, 6.07) is 18.2. The molecule has 0 spiro atoms. The van der Waals surface area contributed by atoms with Crippen LogP contribution in [0.5, 0.6) is 0 Å². The lowest BCUT2D eigenvalue weighted by molar-refractivity contribution is 0.569. The van der Waals surface area contributed by atoms with Gasteiger partial charge < -0.3 is 4.42 Å². The molecule has 1 heterocycles. The van der Waals surface area contributed by atoms with E-state index in [0.29, 0.717) is 11.1 Å². The zero-order valence-corrected chi connectivity index (χ0v) is 16.1. The number of aryl methyl sites for hydroxylation is 2. The molecule has 0 aliphatic heterocycles. The van der Waals surface area contributed by atoms with Crippen molar-refractivity contribution in [1.29, 1.82) is 0 Å². The monoisotopic (exact) mass is 355 g/mol. The molecular formula is C26H24O. The van der Waals surface area contributed by atoms with Gasteiger partial charge in [0.05, 0.1) is 0 Å². The Hall–Kier alpha value is -2.80. The predicted molar refractivity (Wildman–Crippen MR) is 117 cm³/mol. The molecule has 0 unspecified atom stereocenters. The number of furan rings is 1. The highest BCUT2D eigenvalue weighted by Crippen LogP contribution is 2.45. The molecular weight excluding hydrogens is 328 g/mol. The van der Waals surface area contributed by atoms with Gasteiger partial charge in [-0.2, -0.15) is 0 Å². The first-order valence-electron chi connectivity index (χ1n) is 10.9. The molecule has 0 saturated heterocycles. The second-order valence-corrected chi connectivity index (χ2v) is 8.47. The van der Waals surface area contributed by atoms with Crippen LogP contribution in [0.15, 0.2) is 59.0 Å². The quantitative estimate of drug-likeness (QED) is 0.258. The largest absolute Gasteiger partial charge is 0.455 e. The third-order valence-corrected chi connectivity index (χ3v) is 5.57. The zero-order valence-electron chi connectivity index (χ0n) is 19.1. The van der Waals surface area contributed by atoms with Gasteiger partial charge in [0.15, 0.2) is 0 Å². The molecule has 1 aromatic heterocycles. The first-order chi connectivity index (χ1) is 14.1. The highest BCUT2D eigenvalue weighted by Gasteiger charge is 2.26. The van der Waals surface area contributed by atoms with E-state index in [9.17, 15) is 0 Å². The summed E-state index contributed by atoms with van der Waals surface area (Å²) in [5.74, 6) is 0. The number of hydrogen-bond acceptors (Lipinski definition) is 1. The zero-order chi connectivity index (χ0) is 21.4. The Balaban J connectivity index is 2.19. The third kappa shape index (κ3) is 2.18. The van der Waals surface area contributed by atoms with Gasteiger partial charge in [-0.15, -0.1) is 0 Å². The summed E-state index contributed by atoms with van der Waals surface area (Å²) in [5.41, 5.74) is 3.66. The van der Waals surface area contributed by atoms with Crippen molar-refractivity contribution in [3.63, 3.8) is 0 Å². The molecule has 5 aromatic rings. The minimum Gasteiger partial charge on any atom is -0.455 e. The van der Waals surface area contributed by atoms with E-state index >= 15 is 0 Å². The van der Waals surface area contributed by atoms with Gasteiger partial charge in [-0.1, -0.05) is 75.4 Å². The molecule has 0 N–H and O–H groups in total. The average Bonchev–Trinajstić information content (AvgIpc) is 3.05. The smallest absolute Gasteiger partial charge is 0.143 e. The number of hydrogen-bond donors (Lipinski definition) is 0. The van der Waals surface area contributed by atoms with Gasteiger partial charge in [0, 0.05) is 25.8 Å². The second-order valence-electron chi connectivity index (χ2n) is 8.47. The molecule has 0 aliphatic rings. The summed E-state index contributed by atoms with van der Waals surface area (Å²) in [6.45, 7) is 6.19. The van der Waals surface area contributed by atoms with Crippen LogP contribution in [0.4, 0.5) is 0 Å². The molecule has 0 aliphatic carbocycles. The average molecular weight is 355 g/mol. The summed E-state index contributed by atoms with van der Waals surface area (Å²) >= 11 is 0. The highest BCUT2D eigenvalue weighted by atomic mass is 16.3. The van der Waals surface area contributed by atoms with Crippen LogP contribution in [-0.2, 0) is 5.41 Å². The molecule has 134 valence electrons. The molecule has 0 bridgehead atoms. The van der Waals surface area contributed by atoms with E-state index in [1.807, 2.05) is 37.3 Å². The molecule has 0 radical (unpaired) electrons. The van der Waals surface area contributed by atoms with Crippen LogP contribution in [-0.4, -0.2) is 0 Å². The summed E-state index contributed by atoms with van der Waals surface area (Å²) in [6.07, 6.45) is 0. The van der Waals surface area contributed by atoms with E-state index in [1.54, 1.807) is 0 Å². The van der Waals surface area contributed by atoms with Crippen molar-refractivity contribution in [2.75, 3.05) is 0 Å². The van der Waals surface area contributed by atoms with Crippen LogP contribution < -0.4 is 0 Å². The van der Waals surface area contributed by atoms with Crippen molar-refractivity contribution < 1.29 is 8.53 Å². The van der Waals surface area contributed by atoms with E-state index in [2.05, 4.69) is 45.0 Å². The van der Waals surface area contributed by atoms with Crippen LogP contribution in [0.25, 0.3) is 43.5 Å². The van der Waals surface area contributed by atoms with Crippen molar-refractivity contribution in [2.45, 2.75) is 40.0 Å². The lowest BCUT2D eigenvalue weighted by Gasteiger charge is -2.22. The summed E-state index contributed by atoms with van der Waals surface area (Å²) in [5, 5.41) is 5.88. The SMILES string of the molecule is [2H]C([2H])([2H])c1cc(C)c(C(C)(C)C)c2oc3c4ccccc4c4ccccc4c3c12. The van der Waals surface area contributed by atoms with E-state index < -0.39 is 6.85 Å². The van der Waals surface area contributed by atoms with Crippen LogP contribution in [0, 0.1) is 13.8 Å². The van der Waals surface area contributed by atoms with Crippen LogP contribution in [0.1, 0.15) is 41.6 Å². The van der Waals surface area contributed by atoms with Crippen LogP contribution >= 0.6 is 0 Å². The summed E-state index contributed by atoms with van der Waals surface area (Å²) in [7, 11) is 0. The molecule has 1 heteroatoms. The van der Waals surface area contributed by atoms with E-state index in [-0.39, 0.29) is 5.41 Å². The topological polar surface area (TPSA) is 13.1 Å². The Kier molecular flexibility index (Phi) is 2.65. The molecule has 0 amide bonds. The predicted octanol–water partition coefficient (Wildman–Crippen LogP) is 7.81. The van der Waals surface area contributed by atoms with Gasteiger partial charge >= 0.3 is 0 Å². The number of rotatable bonds is 0. The highest BCUT2D eigenvalue weighted by molar-refractivity contribution is 6.30. The van der Waals surface area contributed by atoms with Gasteiger partial charge in [0.25, 0.3) is 0 Å². The van der Waals surface area contributed by atoms with Gasteiger partial charge in [-0.3, -0.25) is 0 Å².